The highest BCUT2D eigenvalue weighted by Gasteiger charge is 2.24. The van der Waals surface area contributed by atoms with Crippen molar-refractivity contribution < 1.29 is 9.53 Å². The molecule has 1 aromatic carbocycles. The Bertz CT molecular complexity index is 1270. The molecule has 0 unspecified atom stereocenters. The van der Waals surface area contributed by atoms with Crippen LogP contribution in [0.15, 0.2) is 35.3 Å². The molecule has 3 aromatic rings. The third kappa shape index (κ3) is 6.30. The zero-order chi connectivity index (χ0) is 26.7. The lowest BCUT2D eigenvalue weighted by atomic mass is 9.99. The van der Waals surface area contributed by atoms with Crippen molar-refractivity contribution in [1.82, 2.24) is 24.8 Å². The molecule has 0 amide bonds. The first-order valence-corrected chi connectivity index (χ1v) is 13.5. The van der Waals surface area contributed by atoms with Gasteiger partial charge in [-0.1, -0.05) is 19.9 Å². The molecular formula is C29H41N5O3. The van der Waals surface area contributed by atoms with Crippen LogP contribution in [0.4, 0.5) is 0 Å². The van der Waals surface area contributed by atoms with E-state index in [4.69, 9.17) is 9.72 Å². The van der Waals surface area contributed by atoms with E-state index in [0.29, 0.717) is 18.0 Å². The summed E-state index contributed by atoms with van der Waals surface area (Å²) in [5, 5.41) is 6.94. The van der Waals surface area contributed by atoms with Crippen molar-refractivity contribution in [3.05, 3.63) is 51.9 Å². The molecule has 1 aliphatic rings. The van der Waals surface area contributed by atoms with E-state index < -0.39 is 0 Å². The van der Waals surface area contributed by atoms with Crippen molar-refractivity contribution in [1.29, 1.82) is 0 Å². The minimum atomic E-state index is -0.375. The smallest absolute Gasteiger partial charge is 0.323 e. The molecule has 8 nitrogen and oxygen atoms in total. The third-order valence-electron chi connectivity index (χ3n) is 7.07. The Labute approximate surface area is 219 Å². The molecule has 0 saturated carbocycles. The predicted molar refractivity (Wildman–Crippen MR) is 147 cm³/mol. The van der Waals surface area contributed by atoms with Crippen LogP contribution in [0.5, 0.6) is 0 Å². The van der Waals surface area contributed by atoms with Crippen LogP contribution < -0.4 is 16.2 Å². The highest BCUT2D eigenvalue weighted by Crippen LogP contribution is 2.28. The van der Waals surface area contributed by atoms with Crippen LogP contribution in [0, 0.1) is 18.8 Å². The molecule has 1 saturated heterocycles. The molecule has 2 N–H and O–H groups in total. The SMILES string of the molecule is Cc1cc(-c2nc3ccc(CN[C@H](C(=O)OC(C)C)C(C)C)cc3n2C[C@@H]2CCCNC2)cn(C)c1=O. The number of nitrogens with zero attached hydrogens (tertiary/aromatic N) is 3. The van der Waals surface area contributed by atoms with Crippen molar-refractivity contribution in [3.8, 4) is 11.4 Å². The van der Waals surface area contributed by atoms with E-state index in [2.05, 4.69) is 33.4 Å². The lowest BCUT2D eigenvalue weighted by Crippen LogP contribution is -2.42. The van der Waals surface area contributed by atoms with Crippen LogP contribution >= 0.6 is 0 Å². The van der Waals surface area contributed by atoms with Gasteiger partial charge in [0.2, 0.25) is 0 Å². The highest BCUT2D eigenvalue weighted by atomic mass is 16.5. The number of piperidine rings is 1. The summed E-state index contributed by atoms with van der Waals surface area (Å²) >= 11 is 0. The summed E-state index contributed by atoms with van der Waals surface area (Å²) in [6, 6.07) is 7.86. The molecule has 8 heteroatoms. The van der Waals surface area contributed by atoms with Gasteiger partial charge in [0.15, 0.2) is 0 Å². The molecule has 200 valence electrons. The van der Waals surface area contributed by atoms with Gasteiger partial charge in [-0.3, -0.25) is 9.59 Å². The number of carbonyl (C=O) groups is 1. The first-order valence-electron chi connectivity index (χ1n) is 13.5. The van der Waals surface area contributed by atoms with Gasteiger partial charge >= 0.3 is 5.97 Å². The van der Waals surface area contributed by atoms with Crippen LogP contribution in [0.25, 0.3) is 22.4 Å². The molecule has 2 aromatic heterocycles. The van der Waals surface area contributed by atoms with Gasteiger partial charge in [0.25, 0.3) is 5.56 Å². The Morgan fingerprint density at radius 2 is 2.03 bits per heavy atom. The molecule has 1 aliphatic heterocycles. The Kier molecular flexibility index (Phi) is 8.49. The number of hydrogen-bond acceptors (Lipinski definition) is 6. The average molecular weight is 508 g/mol. The van der Waals surface area contributed by atoms with Crippen LogP contribution in [0.1, 0.15) is 51.7 Å². The number of aromatic nitrogens is 3. The fraction of sp³-hybridized carbons (Fsp3) is 0.552. The maximum atomic E-state index is 12.6. The van der Waals surface area contributed by atoms with E-state index in [1.54, 1.807) is 11.6 Å². The number of pyridine rings is 1. The number of esters is 1. The maximum absolute atomic E-state index is 12.6. The van der Waals surface area contributed by atoms with Gasteiger partial charge in [0.05, 0.1) is 17.1 Å². The molecule has 0 bridgehead atoms. The molecule has 1 fully saturated rings. The van der Waals surface area contributed by atoms with Crippen LogP contribution in [0.2, 0.25) is 0 Å². The van der Waals surface area contributed by atoms with Crippen LogP contribution in [0.3, 0.4) is 0 Å². The van der Waals surface area contributed by atoms with Gasteiger partial charge in [-0.25, -0.2) is 4.98 Å². The summed E-state index contributed by atoms with van der Waals surface area (Å²) < 4.78 is 9.41. The van der Waals surface area contributed by atoms with Gasteiger partial charge in [-0.05, 0) is 82.3 Å². The topological polar surface area (TPSA) is 90.2 Å². The van der Waals surface area contributed by atoms with E-state index in [1.807, 2.05) is 46.9 Å². The van der Waals surface area contributed by atoms with Gasteiger partial charge < -0.3 is 24.5 Å². The number of rotatable bonds is 9. The zero-order valence-electron chi connectivity index (χ0n) is 23.0. The van der Waals surface area contributed by atoms with Crippen LogP contribution in [-0.2, 0) is 29.7 Å². The van der Waals surface area contributed by atoms with Gasteiger partial charge in [0, 0.05) is 37.5 Å². The first-order chi connectivity index (χ1) is 17.6. The van der Waals surface area contributed by atoms with Crippen molar-refractivity contribution in [2.24, 2.45) is 18.9 Å². The van der Waals surface area contributed by atoms with E-state index >= 15 is 0 Å². The Morgan fingerprint density at radius 3 is 2.68 bits per heavy atom. The number of imidazole rings is 1. The second-order valence-electron chi connectivity index (χ2n) is 11.0. The molecule has 37 heavy (non-hydrogen) atoms. The number of benzene rings is 1. The zero-order valence-corrected chi connectivity index (χ0v) is 23.0. The summed E-state index contributed by atoms with van der Waals surface area (Å²) in [6.45, 7) is 13.1. The molecule has 0 radical (unpaired) electrons. The van der Waals surface area contributed by atoms with Crippen LogP contribution in [-0.4, -0.2) is 45.3 Å². The number of fused-ring (bicyclic) bond motifs is 1. The van der Waals surface area contributed by atoms with Crippen molar-refractivity contribution in [2.45, 2.75) is 72.7 Å². The second-order valence-corrected chi connectivity index (χ2v) is 11.0. The molecule has 0 aliphatic carbocycles. The van der Waals surface area contributed by atoms with E-state index in [1.165, 1.54) is 12.8 Å². The number of hydrogen-bond donors (Lipinski definition) is 2. The standard InChI is InChI=1S/C29H41N5O3/c1-18(2)26(29(36)37-19(3)4)31-15-21-9-10-24-25(13-21)34(16-22-8-7-11-30-14-22)27(32-24)23-12-20(5)28(35)33(6)17-23/h9-10,12-13,17-19,22,26,30-31H,7-8,11,14-16H2,1-6H3/t22-,26+/m1/s1. The van der Waals surface area contributed by atoms with Gasteiger partial charge in [0.1, 0.15) is 11.9 Å². The summed E-state index contributed by atoms with van der Waals surface area (Å²) in [7, 11) is 1.79. The minimum Gasteiger partial charge on any atom is -0.462 e. The lowest BCUT2D eigenvalue weighted by molar-refractivity contribution is -0.151. The summed E-state index contributed by atoms with van der Waals surface area (Å²) in [6.07, 6.45) is 4.08. The summed E-state index contributed by atoms with van der Waals surface area (Å²) in [5.74, 6) is 1.29. The predicted octanol–water partition coefficient (Wildman–Crippen LogP) is 3.78. The highest BCUT2D eigenvalue weighted by molar-refractivity contribution is 5.81. The van der Waals surface area contributed by atoms with E-state index in [9.17, 15) is 9.59 Å². The second kappa shape index (κ2) is 11.6. The Balaban J connectivity index is 1.69. The monoisotopic (exact) mass is 507 g/mol. The first kappa shape index (κ1) is 27.1. The number of carbonyl (C=O) groups excluding carboxylic acids is 1. The summed E-state index contributed by atoms with van der Waals surface area (Å²) in [5.41, 5.74) is 4.73. The average Bonchev–Trinajstić information content (AvgIpc) is 3.20. The number of nitrogens with one attached hydrogen (secondary N) is 2. The van der Waals surface area contributed by atoms with Crippen molar-refractivity contribution in [2.75, 3.05) is 13.1 Å². The molecule has 3 heterocycles. The number of aryl methyl sites for hydroxylation is 2. The Hall–Kier alpha value is -2.97. The van der Waals surface area contributed by atoms with Gasteiger partial charge in [-0.2, -0.15) is 0 Å². The van der Waals surface area contributed by atoms with Gasteiger partial charge in [-0.15, -0.1) is 0 Å². The summed E-state index contributed by atoms with van der Waals surface area (Å²) in [4.78, 5) is 30.0. The quantitative estimate of drug-likeness (QED) is 0.429. The third-order valence-corrected chi connectivity index (χ3v) is 7.07. The molecular weight excluding hydrogens is 466 g/mol. The fourth-order valence-electron chi connectivity index (χ4n) is 5.15. The lowest BCUT2D eigenvalue weighted by Gasteiger charge is -2.24. The molecule has 4 rings (SSSR count). The Morgan fingerprint density at radius 1 is 1.24 bits per heavy atom. The largest absolute Gasteiger partial charge is 0.462 e. The van der Waals surface area contributed by atoms with E-state index in [-0.39, 0.29) is 29.6 Å². The molecule has 2 atom stereocenters. The fourth-order valence-corrected chi connectivity index (χ4v) is 5.15. The normalized spacial score (nSPS) is 17.0. The van der Waals surface area contributed by atoms with E-state index in [0.717, 1.165) is 47.6 Å². The van der Waals surface area contributed by atoms with Crippen molar-refractivity contribution >= 4 is 17.0 Å². The van der Waals surface area contributed by atoms with Crippen molar-refractivity contribution in [3.63, 3.8) is 0 Å². The minimum absolute atomic E-state index is 0.00644. The number of ether oxygens (including phenoxy) is 1. The molecule has 0 spiro atoms. The maximum Gasteiger partial charge on any atom is 0.323 e.